The predicted molar refractivity (Wildman–Crippen MR) is 99.4 cm³/mol. The maximum absolute atomic E-state index is 14.5. The van der Waals surface area contributed by atoms with Crippen LogP contribution in [0.2, 0.25) is 0 Å². The number of hydrogen-bond acceptors (Lipinski definition) is 5. The molecule has 2 atom stereocenters. The minimum absolute atomic E-state index is 0.0109. The van der Waals surface area contributed by atoms with E-state index >= 15 is 0 Å². The molecule has 1 aliphatic rings. The van der Waals surface area contributed by atoms with E-state index in [9.17, 15) is 26.7 Å². The summed E-state index contributed by atoms with van der Waals surface area (Å²) in [5.41, 5.74) is 1.34. The highest BCUT2D eigenvalue weighted by molar-refractivity contribution is 6.02. The summed E-state index contributed by atoms with van der Waals surface area (Å²) in [6.07, 6.45) is -1.43. The lowest BCUT2D eigenvalue weighted by atomic mass is 9.80. The van der Waals surface area contributed by atoms with Crippen molar-refractivity contribution in [1.29, 1.82) is 0 Å². The van der Waals surface area contributed by atoms with Crippen molar-refractivity contribution >= 4 is 17.4 Å². The molecule has 2 heterocycles. The Morgan fingerprint density at radius 1 is 1.27 bits per heavy atom. The van der Waals surface area contributed by atoms with Crippen LogP contribution in [0.15, 0.2) is 35.6 Å². The molecule has 0 aliphatic carbocycles. The number of amides is 1. The number of alkyl halides is 4. The number of nitrogens with zero attached hydrogens (tertiary/aromatic N) is 3. The number of amidine groups is 1. The zero-order chi connectivity index (χ0) is 22.1. The van der Waals surface area contributed by atoms with E-state index in [0.29, 0.717) is 0 Å². The first-order valence-corrected chi connectivity index (χ1v) is 8.90. The van der Waals surface area contributed by atoms with Crippen molar-refractivity contribution in [2.45, 2.75) is 37.4 Å². The minimum atomic E-state index is -2.82. The van der Waals surface area contributed by atoms with E-state index in [1.807, 2.05) is 0 Å². The smallest absolute Gasteiger partial charge is 0.281 e. The molecule has 6 nitrogen and oxygen atoms in total. The number of hydrogen-bond donors (Lipinski definition) is 2. The molecule has 1 aromatic carbocycles. The van der Waals surface area contributed by atoms with Crippen LogP contribution in [0.4, 0.5) is 27.6 Å². The van der Waals surface area contributed by atoms with Crippen LogP contribution < -0.4 is 11.1 Å². The van der Waals surface area contributed by atoms with Gasteiger partial charge in [-0.25, -0.2) is 26.9 Å². The molecule has 0 bridgehead atoms. The predicted octanol–water partition coefficient (Wildman–Crippen LogP) is 3.85. The molecular weight excluding hydrogens is 409 g/mol. The summed E-state index contributed by atoms with van der Waals surface area (Å²) < 4.78 is 66.9. The number of rotatable bonds is 5. The van der Waals surface area contributed by atoms with Gasteiger partial charge in [-0.1, -0.05) is 0 Å². The van der Waals surface area contributed by atoms with Crippen molar-refractivity contribution in [3.05, 3.63) is 53.4 Å². The Bertz CT molecular complexity index is 984. The number of nitrogens with two attached hydrogens (primary N) is 1. The van der Waals surface area contributed by atoms with Crippen molar-refractivity contribution < 1.29 is 26.7 Å². The molecule has 0 radical (unpaired) electrons. The third-order valence-electron chi connectivity index (χ3n) is 4.98. The van der Waals surface area contributed by atoms with Gasteiger partial charge in [0.05, 0.1) is 17.9 Å². The van der Waals surface area contributed by atoms with Crippen molar-refractivity contribution in [3.63, 3.8) is 0 Å². The number of aromatic nitrogens is 2. The van der Waals surface area contributed by atoms with Gasteiger partial charge in [-0.3, -0.25) is 14.8 Å². The minimum Gasteiger partial charge on any atom is -0.385 e. The van der Waals surface area contributed by atoms with E-state index in [1.54, 1.807) is 0 Å². The van der Waals surface area contributed by atoms with Gasteiger partial charge in [-0.05, 0) is 38.0 Å². The number of carbonyl (C=O) groups excluding carboxylic acids is 1. The van der Waals surface area contributed by atoms with Crippen LogP contribution in [-0.2, 0) is 5.54 Å². The fraction of sp³-hybridized carbons (Fsp3) is 0.368. The van der Waals surface area contributed by atoms with Gasteiger partial charge in [0.25, 0.3) is 12.3 Å². The fourth-order valence-electron chi connectivity index (χ4n) is 3.10. The number of carbonyl (C=O) groups is 1. The van der Waals surface area contributed by atoms with Crippen LogP contribution in [-0.4, -0.2) is 34.1 Å². The van der Waals surface area contributed by atoms with E-state index < -0.39 is 47.6 Å². The highest BCUT2D eigenvalue weighted by Gasteiger charge is 2.44. The second-order valence-electron chi connectivity index (χ2n) is 7.15. The molecule has 0 fully saturated rings. The van der Waals surface area contributed by atoms with E-state index in [0.717, 1.165) is 18.5 Å². The van der Waals surface area contributed by atoms with E-state index in [4.69, 9.17) is 5.73 Å². The first kappa shape index (κ1) is 21.6. The maximum atomic E-state index is 14.5. The van der Waals surface area contributed by atoms with Gasteiger partial charge in [0.15, 0.2) is 5.67 Å². The van der Waals surface area contributed by atoms with Crippen LogP contribution in [0.5, 0.6) is 0 Å². The first-order valence-electron chi connectivity index (χ1n) is 8.90. The first-order chi connectivity index (χ1) is 14.1. The standard InChI is InChI=1S/C19H18F5N5O/c1-18(4-5-19(24,9-20)17(25)29-18)11-6-10(2-3-12(11)21)28-16(30)14-8-26-13(7-27-14)15(22)23/h2-3,6-8,15H,4-5,9H2,1H3,(H2,25,29)(H,28,30)/t18-,19+/m0/s1. The second kappa shape index (κ2) is 7.96. The van der Waals surface area contributed by atoms with Crippen molar-refractivity contribution in [2.75, 3.05) is 12.0 Å². The second-order valence-corrected chi connectivity index (χ2v) is 7.15. The van der Waals surface area contributed by atoms with Crippen molar-refractivity contribution in [1.82, 2.24) is 9.97 Å². The highest BCUT2D eigenvalue weighted by atomic mass is 19.3. The highest BCUT2D eigenvalue weighted by Crippen LogP contribution is 2.41. The van der Waals surface area contributed by atoms with Crippen molar-refractivity contribution in [3.8, 4) is 0 Å². The lowest BCUT2D eigenvalue weighted by Crippen LogP contribution is -2.48. The lowest BCUT2D eigenvalue weighted by molar-refractivity contribution is 0.102. The SMILES string of the molecule is C[C@@]1(c2cc(NC(=O)c3cnc(C(F)F)cn3)ccc2F)CC[C@@](F)(CF)C(N)=N1. The summed E-state index contributed by atoms with van der Waals surface area (Å²) in [7, 11) is 0. The Kier molecular flexibility index (Phi) is 5.73. The van der Waals surface area contributed by atoms with Crippen LogP contribution in [0, 0.1) is 5.82 Å². The third kappa shape index (κ3) is 4.10. The molecule has 0 saturated carbocycles. The Labute approximate surface area is 168 Å². The fourth-order valence-corrected chi connectivity index (χ4v) is 3.10. The van der Waals surface area contributed by atoms with Gasteiger partial charge in [-0.15, -0.1) is 0 Å². The number of halogens is 5. The molecule has 0 unspecified atom stereocenters. The zero-order valence-corrected chi connectivity index (χ0v) is 15.8. The maximum Gasteiger partial charge on any atom is 0.281 e. The van der Waals surface area contributed by atoms with Gasteiger partial charge in [-0.2, -0.15) is 0 Å². The summed E-state index contributed by atoms with van der Waals surface area (Å²) in [4.78, 5) is 23.4. The van der Waals surface area contributed by atoms with E-state index in [2.05, 4.69) is 20.3 Å². The third-order valence-corrected chi connectivity index (χ3v) is 4.98. The van der Waals surface area contributed by atoms with Gasteiger partial charge < -0.3 is 11.1 Å². The van der Waals surface area contributed by atoms with Crippen LogP contribution in [0.25, 0.3) is 0 Å². The van der Waals surface area contributed by atoms with Gasteiger partial charge in [0, 0.05) is 11.3 Å². The number of benzene rings is 1. The molecule has 30 heavy (non-hydrogen) atoms. The molecule has 11 heteroatoms. The average molecular weight is 427 g/mol. The largest absolute Gasteiger partial charge is 0.385 e. The number of nitrogens with one attached hydrogen (secondary N) is 1. The topological polar surface area (TPSA) is 93.3 Å². The van der Waals surface area contributed by atoms with Crippen LogP contribution >= 0.6 is 0 Å². The van der Waals surface area contributed by atoms with Crippen LogP contribution in [0.3, 0.4) is 0 Å². The average Bonchev–Trinajstić information content (AvgIpc) is 2.72. The quantitative estimate of drug-likeness (QED) is 0.709. The normalized spacial score (nSPS) is 23.9. The van der Waals surface area contributed by atoms with E-state index in [-0.39, 0.29) is 29.8 Å². The Morgan fingerprint density at radius 2 is 2.00 bits per heavy atom. The Morgan fingerprint density at radius 3 is 2.57 bits per heavy atom. The summed E-state index contributed by atoms with van der Waals surface area (Å²) in [6.45, 7) is 0.193. The summed E-state index contributed by atoms with van der Waals surface area (Å²) in [5.74, 6) is -1.97. The summed E-state index contributed by atoms with van der Waals surface area (Å²) >= 11 is 0. The molecule has 160 valence electrons. The molecular formula is C19H18F5N5O. The zero-order valence-electron chi connectivity index (χ0n) is 15.8. The molecule has 0 spiro atoms. The summed E-state index contributed by atoms with van der Waals surface area (Å²) in [6, 6.07) is 3.66. The summed E-state index contributed by atoms with van der Waals surface area (Å²) in [5, 5.41) is 2.46. The monoisotopic (exact) mass is 427 g/mol. The molecule has 3 rings (SSSR count). The number of aliphatic imine (C=N–C) groups is 1. The molecule has 1 aliphatic heterocycles. The lowest BCUT2D eigenvalue weighted by Gasteiger charge is -2.36. The molecule has 3 N–H and O–H groups in total. The Hall–Kier alpha value is -3.11. The molecule has 2 aromatic rings. The number of anilines is 1. The van der Waals surface area contributed by atoms with Crippen molar-refractivity contribution in [2.24, 2.45) is 10.7 Å². The van der Waals surface area contributed by atoms with Gasteiger partial charge >= 0.3 is 0 Å². The van der Waals surface area contributed by atoms with Gasteiger partial charge in [0.1, 0.15) is 29.7 Å². The van der Waals surface area contributed by atoms with Crippen LogP contribution in [0.1, 0.15) is 47.9 Å². The van der Waals surface area contributed by atoms with Gasteiger partial charge in [0.2, 0.25) is 0 Å². The molecule has 1 aromatic heterocycles. The molecule has 1 amide bonds. The molecule has 0 saturated heterocycles. The Balaban J connectivity index is 1.86. The van der Waals surface area contributed by atoms with E-state index in [1.165, 1.54) is 19.1 Å².